The maximum absolute atomic E-state index is 14.5. The Morgan fingerprint density at radius 2 is 1.93 bits per heavy atom. The molecule has 0 aliphatic heterocycles. The van der Waals surface area contributed by atoms with E-state index in [1.54, 1.807) is 30.5 Å². The van der Waals surface area contributed by atoms with Crippen LogP contribution in [-0.2, 0) is 0 Å². The average molecular weight is 392 g/mol. The van der Waals surface area contributed by atoms with Gasteiger partial charge in [-0.25, -0.2) is 9.07 Å². The monoisotopic (exact) mass is 392 g/mol. The zero-order chi connectivity index (χ0) is 19.5. The summed E-state index contributed by atoms with van der Waals surface area (Å²) < 4.78 is 21.6. The summed E-state index contributed by atoms with van der Waals surface area (Å²) in [5, 5.41) is 6.15. The third-order valence-corrected chi connectivity index (χ3v) is 5.16. The molecule has 0 amide bonds. The number of halogens is 1. The summed E-state index contributed by atoms with van der Waals surface area (Å²) in [4.78, 5) is 13.0. The van der Waals surface area contributed by atoms with Gasteiger partial charge in [0.1, 0.15) is 23.4 Å². The van der Waals surface area contributed by atoms with Gasteiger partial charge in [-0.3, -0.25) is 4.79 Å². The highest BCUT2D eigenvalue weighted by atomic mass is 32.1. The van der Waals surface area contributed by atoms with Crippen molar-refractivity contribution >= 4 is 17.2 Å². The van der Waals surface area contributed by atoms with Crippen molar-refractivity contribution in [2.45, 2.75) is 13.0 Å². The fourth-order valence-electron chi connectivity index (χ4n) is 2.87. The Hall–Kier alpha value is -3.25. The summed E-state index contributed by atoms with van der Waals surface area (Å²) in [6.45, 7) is 1.81. The Morgan fingerprint density at radius 1 is 1.11 bits per heavy atom. The van der Waals surface area contributed by atoms with Crippen molar-refractivity contribution in [3.63, 3.8) is 0 Å². The summed E-state index contributed by atoms with van der Waals surface area (Å²) in [6, 6.07) is 19.5. The lowest BCUT2D eigenvalue weighted by Crippen LogP contribution is -2.12. The van der Waals surface area contributed by atoms with Crippen LogP contribution in [0.2, 0.25) is 0 Å². The minimum absolute atomic E-state index is 0.188. The maximum atomic E-state index is 14.5. The van der Waals surface area contributed by atoms with Gasteiger partial charge in [0.05, 0.1) is 4.88 Å². The third kappa shape index (κ3) is 3.73. The molecule has 0 aliphatic rings. The molecule has 6 heteroatoms. The molecule has 0 aliphatic carbocycles. The molecule has 0 N–H and O–H groups in total. The van der Waals surface area contributed by atoms with Gasteiger partial charge in [-0.2, -0.15) is 5.10 Å². The molecule has 2 aromatic heterocycles. The Balaban J connectivity index is 1.49. The minimum atomic E-state index is -0.431. The third-order valence-electron chi connectivity index (χ3n) is 4.30. The second-order valence-corrected chi connectivity index (χ2v) is 7.18. The van der Waals surface area contributed by atoms with Gasteiger partial charge in [0.15, 0.2) is 0 Å². The molecule has 4 aromatic rings. The number of carbonyl (C=O) groups is 1. The lowest BCUT2D eigenvalue weighted by molar-refractivity contribution is 0.0947. The SMILES string of the molecule is CC(Oc1ccc(-c2ccccc2)c(F)c1)c1ccn(C(=O)c2cccs2)n1. The standard InChI is InChI=1S/C22H17FN2O2S/c1-15(20-11-12-25(24-20)22(26)21-8-5-13-28-21)27-17-9-10-18(19(23)14-17)16-6-3-2-4-7-16/h2-15H,1H3. The molecule has 2 heterocycles. The zero-order valence-corrected chi connectivity index (χ0v) is 15.9. The van der Waals surface area contributed by atoms with Crippen LogP contribution in [0.1, 0.15) is 28.4 Å². The predicted octanol–water partition coefficient (Wildman–Crippen LogP) is 5.58. The Labute approximate surface area is 165 Å². The van der Waals surface area contributed by atoms with E-state index >= 15 is 0 Å². The van der Waals surface area contributed by atoms with Crippen molar-refractivity contribution in [2.24, 2.45) is 0 Å². The molecule has 0 bridgehead atoms. The van der Waals surface area contributed by atoms with Crippen LogP contribution in [0.5, 0.6) is 5.75 Å². The summed E-state index contributed by atoms with van der Waals surface area (Å²) in [5.41, 5.74) is 1.93. The van der Waals surface area contributed by atoms with Crippen LogP contribution in [0.25, 0.3) is 11.1 Å². The maximum Gasteiger partial charge on any atom is 0.288 e. The number of aromatic nitrogens is 2. The van der Waals surface area contributed by atoms with Gasteiger partial charge in [-0.05, 0) is 42.1 Å². The molecule has 0 spiro atoms. The molecule has 0 saturated carbocycles. The van der Waals surface area contributed by atoms with E-state index in [9.17, 15) is 9.18 Å². The van der Waals surface area contributed by atoms with E-state index < -0.39 is 6.10 Å². The number of benzene rings is 2. The van der Waals surface area contributed by atoms with E-state index in [1.807, 2.05) is 48.7 Å². The van der Waals surface area contributed by atoms with Crippen LogP contribution in [0.3, 0.4) is 0 Å². The fraction of sp³-hybridized carbons (Fsp3) is 0.0909. The van der Waals surface area contributed by atoms with Crippen molar-refractivity contribution in [3.8, 4) is 16.9 Å². The van der Waals surface area contributed by atoms with Crippen LogP contribution < -0.4 is 4.74 Å². The summed E-state index contributed by atoms with van der Waals surface area (Å²) in [7, 11) is 0. The van der Waals surface area contributed by atoms with Gasteiger partial charge in [-0.15, -0.1) is 11.3 Å². The van der Waals surface area contributed by atoms with Crippen LogP contribution >= 0.6 is 11.3 Å². The number of rotatable bonds is 5. The topological polar surface area (TPSA) is 44.1 Å². The smallest absolute Gasteiger partial charge is 0.288 e. The summed E-state index contributed by atoms with van der Waals surface area (Å²) in [6.07, 6.45) is 1.18. The van der Waals surface area contributed by atoms with Gasteiger partial charge >= 0.3 is 0 Å². The molecule has 140 valence electrons. The summed E-state index contributed by atoms with van der Waals surface area (Å²) >= 11 is 1.36. The molecular weight excluding hydrogens is 375 g/mol. The number of nitrogens with zero attached hydrogens (tertiary/aromatic N) is 2. The predicted molar refractivity (Wildman–Crippen MR) is 107 cm³/mol. The normalized spacial score (nSPS) is 11.9. The molecule has 28 heavy (non-hydrogen) atoms. The molecule has 1 unspecified atom stereocenters. The number of hydrogen-bond acceptors (Lipinski definition) is 4. The molecule has 4 nitrogen and oxygen atoms in total. The molecule has 0 radical (unpaired) electrons. The van der Waals surface area contributed by atoms with Crippen molar-refractivity contribution < 1.29 is 13.9 Å². The number of thiophene rings is 1. The lowest BCUT2D eigenvalue weighted by atomic mass is 10.1. The molecule has 1 atom stereocenters. The van der Waals surface area contributed by atoms with Gasteiger partial charge < -0.3 is 4.74 Å². The van der Waals surface area contributed by atoms with Crippen molar-refractivity contribution in [1.82, 2.24) is 9.78 Å². The largest absolute Gasteiger partial charge is 0.484 e. The van der Waals surface area contributed by atoms with Gasteiger partial charge in [0.25, 0.3) is 5.91 Å². The molecule has 0 fully saturated rings. The van der Waals surface area contributed by atoms with Crippen LogP contribution in [0.15, 0.2) is 78.3 Å². The van der Waals surface area contributed by atoms with Crippen molar-refractivity contribution in [1.29, 1.82) is 0 Å². The van der Waals surface area contributed by atoms with Gasteiger partial charge in [0, 0.05) is 17.8 Å². The zero-order valence-electron chi connectivity index (χ0n) is 15.1. The highest BCUT2D eigenvalue weighted by molar-refractivity contribution is 7.12. The highest BCUT2D eigenvalue weighted by Gasteiger charge is 2.16. The fourth-order valence-corrected chi connectivity index (χ4v) is 3.52. The first-order valence-electron chi connectivity index (χ1n) is 8.77. The second kappa shape index (κ2) is 7.78. The van der Waals surface area contributed by atoms with E-state index in [2.05, 4.69) is 5.10 Å². The average Bonchev–Trinajstić information content (AvgIpc) is 3.41. The quantitative estimate of drug-likeness (QED) is 0.445. The summed E-state index contributed by atoms with van der Waals surface area (Å²) in [5.74, 6) is -0.134. The Bertz CT molecular complexity index is 1090. The number of hydrogen-bond donors (Lipinski definition) is 0. The number of ether oxygens (including phenoxy) is 1. The lowest BCUT2D eigenvalue weighted by Gasteiger charge is -2.13. The molecule has 4 rings (SSSR count). The van der Waals surface area contributed by atoms with Crippen LogP contribution in [0, 0.1) is 5.82 Å². The van der Waals surface area contributed by atoms with E-state index in [1.165, 1.54) is 22.1 Å². The van der Waals surface area contributed by atoms with E-state index in [4.69, 9.17) is 4.74 Å². The first-order valence-corrected chi connectivity index (χ1v) is 9.65. The Kier molecular flexibility index (Phi) is 5.04. The second-order valence-electron chi connectivity index (χ2n) is 6.24. The highest BCUT2D eigenvalue weighted by Crippen LogP contribution is 2.28. The van der Waals surface area contributed by atoms with E-state index in [0.717, 1.165) is 5.56 Å². The van der Waals surface area contributed by atoms with E-state index in [-0.39, 0.29) is 11.7 Å². The molecule has 0 saturated heterocycles. The van der Waals surface area contributed by atoms with Gasteiger partial charge in [-0.1, -0.05) is 36.4 Å². The van der Waals surface area contributed by atoms with Crippen LogP contribution in [0.4, 0.5) is 4.39 Å². The molecular formula is C22H17FN2O2S. The first kappa shape index (κ1) is 18.1. The number of carbonyl (C=O) groups excluding carboxylic acids is 1. The Morgan fingerprint density at radius 3 is 2.64 bits per heavy atom. The minimum Gasteiger partial charge on any atom is -0.484 e. The van der Waals surface area contributed by atoms with Crippen molar-refractivity contribution in [3.05, 3.63) is 94.7 Å². The molecule has 2 aromatic carbocycles. The van der Waals surface area contributed by atoms with Crippen LogP contribution in [-0.4, -0.2) is 15.7 Å². The van der Waals surface area contributed by atoms with Crippen molar-refractivity contribution in [2.75, 3.05) is 0 Å². The van der Waals surface area contributed by atoms with E-state index in [0.29, 0.717) is 21.9 Å². The first-order chi connectivity index (χ1) is 13.6. The van der Waals surface area contributed by atoms with Gasteiger partial charge in [0.2, 0.25) is 0 Å².